The Balaban J connectivity index is 0.000000129. The number of para-hydroxylation sites is 2. The molecule has 0 spiro atoms. The summed E-state index contributed by atoms with van der Waals surface area (Å²) >= 11 is 0. The summed E-state index contributed by atoms with van der Waals surface area (Å²) in [6.45, 7) is 3.12. The molecule has 124 valence electrons. The van der Waals surface area contributed by atoms with Crippen molar-refractivity contribution in [2.75, 3.05) is 6.54 Å². The van der Waals surface area contributed by atoms with Gasteiger partial charge in [0.15, 0.2) is 0 Å². The molecule has 24 heavy (non-hydrogen) atoms. The third kappa shape index (κ3) is 3.06. The Bertz CT molecular complexity index is 790. The van der Waals surface area contributed by atoms with E-state index < -0.39 is 0 Å². The van der Waals surface area contributed by atoms with Gasteiger partial charge in [-0.2, -0.15) is 0 Å². The van der Waals surface area contributed by atoms with Crippen LogP contribution in [0.25, 0.3) is 11.0 Å². The average molecular weight is 320 g/mol. The van der Waals surface area contributed by atoms with E-state index in [1.165, 1.54) is 36.9 Å². The Morgan fingerprint density at radius 1 is 1.08 bits per heavy atom. The number of nitrogens with zero attached hydrogens (tertiary/aromatic N) is 2. The molecule has 3 aromatic rings. The quantitative estimate of drug-likeness (QED) is 0.659. The number of piperidine rings is 1. The molecule has 0 bridgehead atoms. The minimum atomic E-state index is 0.550. The maximum Gasteiger partial charge on any atom is 0.104 e. The summed E-state index contributed by atoms with van der Waals surface area (Å²) in [4.78, 5) is 11.9. The lowest BCUT2D eigenvalue weighted by molar-refractivity contribution is 0.249. The van der Waals surface area contributed by atoms with Gasteiger partial charge in [0.05, 0.1) is 22.8 Å². The molecular formula is C20H24N4. The average Bonchev–Trinajstić information content (AvgIpc) is 3.02. The van der Waals surface area contributed by atoms with Crippen LogP contribution in [0.4, 0.5) is 0 Å². The van der Waals surface area contributed by atoms with Crippen LogP contribution in [0.1, 0.15) is 42.4 Å². The Morgan fingerprint density at radius 3 is 2.92 bits per heavy atom. The van der Waals surface area contributed by atoms with E-state index in [0.29, 0.717) is 6.04 Å². The zero-order chi connectivity index (χ0) is 16.4. The van der Waals surface area contributed by atoms with Gasteiger partial charge in [0, 0.05) is 6.20 Å². The number of pyridine rings is 1. The van der Waals surface area contributed by atoms with Gasteiger partial charge in [-0.25, -0.2) is 4.98 Å². The topological polar surface area (TPSA) is 53.6 Å². The molecule has 1 aromatic carbocycles. The molecule has 2 atom stereocenters. The summed E-state index contributed by atoms with van der Waals surface area (Å²) in [5.74, 6) is 1.81. The standard InChI is InChI=1S/C12H16N2.C8H8N2/c1-3-9-5-6-10-4-2-8-14-12(10)11(9)13-7-1;1-6-9-7-4-2-3-5-8(7)10-6/h1,3,7,10,12,14H,2,4-6,8H2;2-5H,1H3,(H,9,10). The molecule has 2 aliphatic rings. The number of aryl methyl sites for hydroxylation is 2. The first-order valence-electron chi connectivity index (χ1n) is 8.90. The van der Waals surface area contributed by atoms with Crippen molar-refractivity contribution >= 4 is 11.0 Å². The van der Waals surface area contributed by atoms with E-state index in [-0.39, 0.29) is 0 Å². The van der Waals surface area contributed by atoms with E-state index in [9.17, 15) is 0 Å². The van der Waals surface area contributed by atoms with Gasteiger partial charge in [0.1, 0.15) is 5.82 Å². The van der Waals surface area contributed by atoms with E-state index in [4.69, 9.17) is 0 Å². The van der Waals surface area contributed by atoms with Gasteiger partial charge in [-0.3, -0.25) is 4.98 Å². The molecule has 0 amide bonds. The van der Waals surface area contributed by atoms with Crippen LogP contribution in [0.2, 0.25) is 0 Å². The SMILES string of the molecule is Cc1nc2ccccc2[nH]1.c1cnc2c(c1)CCC1CCCNC21. The number of hydrogen-bond donors (Lipinski definition) is 2. The molecule has 2 unspecified atom stereocenters. The van der Waals surface area contributed by atoms with E-state index in [2.05, 4.69) is 32.4 Å². The first-order chi connectivity index (χ1) is 11.8. The summed E-state index contributed by atoms with van der Waals surface area (Å²) in [5.41, 5.74) is 4.94. The molecule has 4 nitrogen and oxygen atoms in total. The van der Waals surface area contributed by atoms with Crippen molar-refractivity contribution in [1.29, 1.82) is 0 Å². The van der Waals surface area contributed by atoms with Crippen molar-refractivity contribution in [1.82, 2.24) is 20.3 Å². The second-order valence-electron chi connectivity index (χ2n) is 6.76. The number of H-pyrrole nitrogens is 1. The van der Waals surface area contributed by atoms with Crippen LogP contribution in [0.3, 0.4) is 0 Å². The molecule has 1 aliphatic carbocycles. The van der Waals surface area contributed by atoms with Crippen molar-refractivity contribution < 1.29 is 0 Å². The fourth-order valence-electron chi connectivity index (χ4n) is 3.95. The summed E-state index contributed by atoms with van der Waals surface area (Å²) < 4.78 is 0. The molecule has 0 radical (unpaired) electrons. The fraction of sp³-hybridized carbons (Fsp3) is 0.400. The van der Waals surface area contributed by atoms with E-state index in [1.54, 1.807) is 0 Å². The predicted molar refractivity (Wildman–Crippen MR) is 96.9 cm³/mol. The van der Waals surface area contributed by atoms with Gasteiger partial charge >= 0.3 is 0 Å². The second-order valence-corrected chi connectivity index (χ2v) is 6.76. The molecule has 4 heteroatoms. The molecule has 1 saturated heterocycles. The molecule has 5 rings (SSSR count). The maximum absolute atomic E-state index is 4.54. The Hall–Kier alpha value is -2.20. The molecule has 3 heterocycles. The van der Waals surface area contributed by atoms with E-state index in [0.717, 1.165) is 29.3 Å². The highest BCUT2D eigenvalue weighted by Crippen LogP contribution is 2.37. The van der Waals surface area contributed by atoms with Crippen LogP contribution in [0.15, 0.2) is 42.6 Å². The largest absolute Gasteiger partial charge is 0.342 e. The summed E-state index contributed by atoms with van der Waals surface area (Å²) in [6.07, 6.45) is 7.22. The number of hydrogen-bond acceptors (Lipinski definition) is 3. The molecule has 0 saturated carbocycles. The number of aromatic nitrogens is 3. The van der Waals surface area contributed by atoms with Crippen LogP contribution in [-0.2, 0) is 6.42 Å². The maximum atomic E-state index is 4.54. The van der Waals surface area contributed by atoms with Crippen LogP contribution in [0.5, 0.6) is 0 Å². The lowest BCUT2D eigenvalue weighted by atomic mass is 9.78. The monoisotopic (exact) mass is 320 g/mol. The lowest BCUT2D eigenvalue weighted by Crippen LogP contribution is -2.37. The van der Waals surface area contributed by atoms with Gasteiger partial charge in [-0.1, -0.05) is 18.2 Å². The third-order valence-electron chi connectivity index (χ3n) is 5.10. The normalized spacial score (nSPS) is 22.2. The first kappa shape index (κ1) is 15.3. The van der Waals surface area contributed by atoms with Crippen LogP contribution in [0, 0.1) is 12.8 Å². The van der Waals surface area contributed by atoms with Crippen LogP contribution in [-0.4, -0.2) is 21.5 Å². The highest BCUT2D eigenvalue weighted by molar-refractivity contribution is 5.74. The molecule has 1 aliphatic heterocycles. The second kappa shape index (κ2) is 6.73. The van der Waals surface area contributed by atoms with Crippen LogP contribution < -0.4 is 5.32 Å². The summed E-state index contributed by atoms with van der Waals surface area (Å²) in [7, 11) is 0. The lowest BCUT2D eigenvalue weighted by Gasteiger charge is -2.36. The number of rotatable bonds is 0. The molecular weight excluding hydrogens is 296 g/mol. The van der Waals surface area contributed by atoms with Gasteiger partial charge < -0.3 is 10.3 Å². The van der Waals surface area contributed by atoms with Gasteiger partial charge in [0.25, 0.3) is 0 Å². The van der Waals surface area contributed by atoms with Gasteiger partial charge in [-0.05, 0) is 68.8 Å². The van der Waals surface area contributed by atoms with Crippen molar-refractivity contribution in [3.05, 3.63) is 59.7 Å². The molecule has 2 N–H and O–H groups in total. The third-order valence-corrected chi connectivity index (χ3v) is 5.10. The Morgan fingerprint density at radius 2 is 2.00 bits per heavy atom. The summed E-state index contributed by atoms with van der Waals surface area (Å²) in [6, 6.07) is 12.8. The predicted octanol–water partition coefficient (Wildman–Crippen LogP) is 3.94. The zero-order valence-electron chi connectivity index (χ0n) is 14.1. The zero-order valence-corrected chi connectivity index (χ0v) is 14.1. The van der Waals surface area contributed by atoms with Crippen molar-refractivity contribution in [2.24, 2.45) is 5.92 Å². The number of imidazole rings is 1. The molecule has 1 fully saturated rings. The Kier molecular flexibility index (Phi) is 4.30. The summed E-state index contributed by atoms with van der Waals surface area (Å²) in [5, 5.41) is 3.61. The van der Waals surface area contributed by atoms with Gasteiger partial charge in [-0.15, -0.1) is 0 Å². The number of fused-ring (bicyclic) bond motifs is 4. The highest BCUT2D eigenvalue weighted by atomic mass is 15.0. The smallest absolute Gasteiger partial charge is 0.104 e. The van der Waals surface area contributed by atoms with Crippen LogP contribution >= 0.6 is 0 Å². The number of benzene rings is 1. The minimum Gasteiger partial charge on any atom is -0.342 e. The van der Waals surface area contributed by atoms with Crippen molar-refractivity contribution in [3.63, 3.8) is 0 Å². The fourth-order valence-corrected chi connectivity index (χ4v) is 3.95. The van der Waals surface area contributed by atoms with Crippen molar-refractivity contribution in [2.45, 2.75) is 38.6 Å². The first-order valence-corrected chi connectivity index (χ1v) is 8.90. The van der Waals surface area contributed by atoms with E-state index >= 15 is 0 Å². The minimum absolute atomic E-state index is 0.550. The number of nitrogens with one attached hydrogen (secondary N) is 2. The van der Waals surface area contributed by atoms with E-state index in [1.807, 2.05) is 37.4 Å². The highest BCUT2D eigenvalue weighted by Gasteiger charge is 2.31. The van der Waals surface area contributed by atoms with Gasteiger partial charge in [0.2, 0.25) is 0 Å². The number of aromatic amines is 1. The van der Waals surface area contributed by atoms with Crippen molar-refractivity contribution in [3.8, 4) is 0 Å². The Labute approximate surface area is 142 Å². The molecule has 2 aromatic heterocycles.